The van der Waals surface area contributed by atoms with Crippen molar-refractivity contribution in [2.45, 2.75) is 19.9 Å². The molecule has 0 saturated carbocycles. The zero-order chi connectivity index (χ0) is 15.1. The molecule has 0 aromatic heterocycles. The van der Waals surface area contributed by atoms with E-state index in [1.165, 1.54) is 6.07 Å². The van der Waals surface area contributed by atoms with E-state index in [9.17, 15) is 4.39 Å². The van der Waals surface area contributed by atoms with Gasteiger partial charge in [0.2, 0.25) is 0 Å². The van der Waals surface area contributed by atoms with Crippen LogP contribution in [0.25, 0.3) is 0 Å². The van der Waals surface area contributed by atoms with Gasteiger partial charge < -0.3 is 15.0 Å². The summed E-state index contributed by atoms with van der Waals surface area (Å²) >= 11 is 0. The van der Waals surface area contributed by atoms with Gasteiger partial charge in [-0.05, 0) is 19.4 Å². The number of rotatable bonds is 5. The van der Waals surface area contributed by atoms with Crippen LogP contribution in [0.5, 0.6) is 0 Å². The van der Waals surface area contributed by atoms with Crippen molar-refractivity contribution in [2.24, 2.45) is 10.9 Å². The molecular formula is C16H24FN3O. The summed E-state index contributed by atoms with van der Waals surface area (Å²) in [5, 5.41) is 3.26. The molecule has 0 bridgehead atoms. The molecule has 1 fully saturated rings. The first kappa shape index (κ1) is 15.8. The summed E-state index contributed by atoms with van der Waals surface area (Å²) in [4.78, 5) is 6.64. The van der Waals surface area contributed by atoms with Crippen LogP contribution in [0.3, 0.4) is 0 Å². The second-order valence-electron chi connectivity index (χ2n) is 5.37. The fourth-order valence-electron chi connectivity index (χ4n) is 2.46. The maximum Gasteiger partial charge on any atom is 0.193 e. The Hall–Kier alpha value is -1.62. The number of guanidine groups is 1. The minimum Gasteiger partial charge on any atom is -0.381 e. The molecule has 2 rings (SSSR count). The summed E-state index contributed by atoms with van der Waals surface area (Å²) in [7, 11) is 2.02. The highest BCUT2D eigenvalue weighted by atomic mass is 19.1. The molecular weight excluding hydrogens is 269 g/mol. The van der Waals surface area contributed by atoms with Crippen molar-refractivity contribution >= 4 is 5.96 Å². The van der Waals surface area contributed by atoms with Crippen molar-refractivity contribution in [3.63, 3.8) is 0 Å². The Morgan fingerprint density at radius 1 is 1.48 bits per heavy atom. The molecule has 21 heavy (non-hydrogen) atoms. The van der Waals surface area contributed by atoms with Gasteiger partial charge in [-0.3, -0.25) is 0 Å². The van der Waals surface area contributed by atoms with Crippen LogP contribution in [0.2, 0.25) is 0 Å². The molecule has 0 amide bonds. The van der Waals surface area contributed by atoms with Gasteiger partial charge in [-0.15, -0.1) is 0 Å². The summed E-state index contributed by atoms with van der Waals surface area (Å²) in [5.74, 6) is 1.16. The van der Waals surface area contributed by atoms with Gasteiger partial charge in [0.25, 0.3) is 0 Å². The minimum absolute atomic E-state index is 0.205. The van der Waals surface area contributed by atoms with Gasteiger partial charge in [-0.2, -0.15) is 0 Å². The fourth-order valence-corrected chi connectivity index (χ4v) is 2.46. The Morgan fingerprint density at radius 3 is 2.95 bits per heavy atom. The second-order valence-corrected chi connectivity index (χ2v) is 5.37. The molecule has 0 aliphatic carbocycles. The quantitative estimate of drug-likeness (QED) is 0.668. The lowest BCUT2D eigenvalue weighted by Crippen LogP contribution is -2.41. The monoisotopic (exact) mass is 293 g/mol. The van der Waals surface area contributed by atoms with Gasteiger partial charge in [0.05, 0.1) is 13.2 Å². The highest BCUT2D eigenvalue weighted by Gasteiger charge is 2.19. The Labute approximate surface area is 126 Å². The molecule has 5 heteroatoms. The van der Waals surface area contributed by atoms with Crippen LogP contribution in [-0.4, -0.2) is 44.2 Å². The number of hydrogen-bond acceptors (Lipinski definition) is 2. The van der Waals surface area contributed by atoms with E-state index in [-0.39, 0.29) is 5.82 Å². The summed E-state index contributed by atoms with van der Waals surface area (Å²) in [6, 6.07) is 6.77. The summed E-state index contributed by atoms with van der Waals surface area (Å²) in [6.45, 7) is 5.74. The van der Waals surface area contributed by atoms with Crippen LogP contribution in [0.1, 0.15) is 18.9 Å². The van der Waals surface area contributed by atoms with E-state index in [2.05, 4.69) is 15.2 Å². The third-order valence-corrected chi connectivity index (χ3v) is 3.61. The number of nitrogens with zero attached hydrogens (tertiary/aromatic N) is 2. The lowest BCUT2D eigenvalue weighted by molar-refractivity contribution is 0.181. The van der Waals surface area contributed by atoms with Gasteiger partial charge in [0, 0.05) is 38.2 Å². The van der Waals surface area contributed by atoms with Crippen molar-refractivity contribution in [3.05, 3.63) is 35.6 Å². The zero-order valence-electron chi connectivity index (χ0n) is 12.8. The zero-order valence-corrected chi connectivity index (χ0v) is 12.8. The maximum atomic E-state index is 13.6. The summed E-state index contributed by atoms with van der Waals surface area (Å²) < 4.78 is 19.0. The molecule has 1 saturated heterocycles. The molecule has 1 unspecified atom stereocenters. The first-order valence-electron chi connectivity index (χ1n) is 7.51. The predicted octanol–water partition coefficient (Wildman–Crippen LogP) is 2.26. The number of hydrogen-bond donors (Lipinski definition) is 1. The van der Waals surface area contributed by atoms with Crippen molar-refractivity contribution in [1.29, 1.82) is 0 Å². The normalized spacial score (nSPS) is 18.8. The molecule has 1 aromatic carbocycles. The van der Waals surface area contributed by atoms with Crippen LogP contribution in [0, 0.1) is 11.7 Å². The largest absolute Gasteiger partial charge is 0.381 e. The van der Waals surface area contributed by atoms with E-state index in [1.54, 1.807) is 12.1 Å². The number of halogens is 1. The Bertz CT molecular complexity index is 472. The van der Waals surface area contributed by atoms with Crippen molar-refractivity contribution in [2.75, 3.05) is 33.4 Å². The molecule has 1 N–H and O–H groups in total. The molecule has 0 spiro atoms. The number of ether oxygens (including phenoxy) is 1. The standard InChI is InChI=1S/C16H24FN3O/c1-3-18-16(20(2)11-13-8-9-21-12-13)19-10-14-6-4-5-7-15(14)17/h4-7,13H,3,8-12H2,1-2H3,(H,18,19). The Balaban J connectivity index is 1.99. The van der Waals surface area contributed by atoms with Crippen LogP contribution in [0.15, 0.2) is 29.3 Å². The smallest absolute Gasteiger partial charge is 0.193 e. The van der Waals surface area contributed by atoms with Crippen molar-refractivity contribution in [3.8, 4) is 0 Å². The van der Waals surface area contributed by atoms with E-state index < -0.39 is 0 Å². The predicted molar refractivity (Wildman–Crippen MR) is 82.8 cm³/mol. The van der Waals surface area contributed by atoms with Crippen molar-refractivity contribution in [1.82, 2.24) is 10.2 Å². The van der Waals surface area contributed by atoms with E-state index in [0.29, 0.717) is 18.0 Å². The lowest BCUT2D eigenvalue weighted by atomic mass is 10.1. The second kappa shape index (κ2) is 7.98. The van der Waals surface area contributed by atoms with Gasteiger partial charge in [-0.1, -0.05) is 18.2 Å². The maximum absolute atomic E-state index is 13.6. The topological polar surface area (TPSA) is 36.9 Å². The first-order valence-corrected chi connectivity index (χ1v) is 7.51. The molecule has 0 radical (unpaired) electrons. The molecule has 1 aliphatic heterocycles. The van der Waals surface area contributed by atoms with E-state index >= 15 is 0 Å². The van der Waals surface area contributed by atoms with Crippen LogP contribution in [0.4, 0.5) is 4.39 Å². The van der Waals surface area contributed by atoms with Crippen molar-refractivity contribution < 1.29 is 9.13 Å². The van der Waals surface area contributed by atoms with Crippen LogP contribution in [-0.2, 0) is 11.3 Å². The van der Waals surface area contributed by atoms with Crippen LogP contribution < -0.4 is 5.32 Å². The SMILES string of the molecule is CCNC(=NCc1ccccc1F)N(C)CC1CCOC1. The summed E-state index contributed by atoms with van der Waals surface area (Å²) in [5.41, 5.74) is 0.616. The van der Waals surface area contributed by atoms with Crippen LogP contribution >= 0.6 is 0 Å². The first-order chi connectivity index (χ1) is 10.2. The molecule has 1 aliphatic rings. The third-order valence-electron chi connectivity index (χ3n) is 3.61. The highest BCUT2D eigenvalue weighted by molar-refractivity contribution is 5.79. The Kier molecular flexibility index (Phi) is 5.99. The van der Waals surface area contributed by atoms with E-state index in [4.69, 9.17) is 4.74 Å². The highest BCUT2D eigenvalue weighted by Crippen LogP contribution is 2.13. The fraction of sp³-hybridized carbons (Fsp3) is 0.562. The van der Waals surface area contributed by atoms with E-state index in [1.807, 2.05) is 20.0 Å². The van der Waals surface area contributed by atoms with E-state index in [0.717, 1.165) is 38.7 Å². The molecule has 116 valence electrons. The molecule has 1 heterocycles. The minimum atomic E-state index is -0.205. The molecule has 4 nitrogen and oxygen atoms in total. The average molecular weight is 293 g/mol. The van der Waals surface area contributed by atoms with Gasteiger partial charge in [0.1, 0.15) is 5.82 Å². The number of aliphatic imine (C=N–C) groups is 1. The van der Waals surface area contributed by atoms with Gasteiger partial charge >= 0.3 is 0 Å². The number of benzene rings is 1. The number of nitrogens with one attached hydrogen (secondary N) is 1. The molecule has 1 atom stereocenters. The van der Waals surface area contributed by atoms with Gasteiger partial charge in [-0.25, -0.2) is 9.38 Å². The third kappa shape index (κ3) is 4.70. The van der Waals surface area contributed by atoms with Gasteiger partial charge in [0.15, 0.2) is 5.96 Å². The lowest BCUT2D eigenvalue weighted by Gasteiger charge is -2.24. The molecule has 1 aromatic rings. The average Bonchev–Trinajstić information content (AvgIpc) is 2.97. The summed E-state index contributed by atoms with van der Waals surface area (Å²) in [6.07, 6.45) is 1.09. The Morgan fingerprint density at radius 2 is 2.29 bits per heavy atom.